The summed E-state index contributed by atoms with van der Waals surface area (Å²) in [5, 5.41) is 0. The van der Waals surface area contributed by atoms with E-state index in [9.17, 15) is 0 Å². The number of rotatable bonds is 4. The molecule has 0 unspecified atom stereocenters. The van der Waals surface area contributed by atoms with Crippen LogP contribution in [-0.2, 0) is 0 Å². The average Bonchev–Trinajstić information content (AvgIpc) is 3.09. The molecule has 0 aliphatic rings. The van der Waals surface area contributed by atoms with Gasteiger partial charge in [-0.25, -0.2) is 9.97 Å². The van der Waals surface area contributed by atoms with E-state index in [0.29, 0.717) is 0 Å². The van der Waals surface area contributed by atoms with Gasteiger partial charge in [0, 0.05) is 0 Å². The molecule has 0 saturated heterocycles. The summed E-state index contributed by atoms with van der Waals surface area (Å²) in [6, 6.07) is 16.5. The van der Waals surface area contributed by atoms with Crippen LogP contribution in [0.15, 0.2) is 57.2 Å². The molecule has 0 saturated carbocycles. The van der Waals surface area contributed by atoms with Crippen LogP contribution in [0.5, 0.6) is 0 Å². The van der Waals surface area contributed by atoms with Gasteiger partial charge in [-0.3, -0.25) is 0 Å². The third-order valence-electron chi connectivity index (χ3n) is 2.76. The molecule has 0 atom stereocenters. The molecule has 0 radical (unpaired) electrons. The van der Waals surface area contributed by atoms with Gasteiger partial charge in [0.15, 0.2) is 8.68 Å². The number of fused-ring (bicyclic) bond motifs is 2. The minimum absolute atomic E-state index is 1.08. The summed E-state index contributed by atoms with van der Waals surface area (Å²) in [6.07, 6.45) is 0. The highest BCUT2D eigenvalue weighted by Gasteiger charge is 2.07. The molecule has 2 aromatic carbocycles. The van der Waals surface area contributed by atoms with Gasteiger partial charge in [-0.1, -0.05) is 24.3 Å². The highest BCUT2D eigenvalue weighted by Crippen LogP contribution is 2.47. The van der Waals surface area contributed by atoms with Gasteiger partial charge in [0.1, 0.15) is 0 Å². The first-order valence-corrected chi connectivity index (χ1v) is 11.2. The van der Waals surface area contributed by atoms with Crippen LogP contribution in [0.2, 0.25) is 0 Å². The zero-order valence-electron chi connectivity index (χ0n) is 10.6. The smallest absolute Gasteiger partial charge is 0.162 e. The summed E-state index contributed by atoms with van der Waals surface area (Å²) in [6.45, 7) is 0. The topological polar surface area (TPSA) is 25.8 Å². The third-order valence-corrected chi connectivity index (χ3v) is 9.24. The van der Waals surface area contributed by atoms with E-state index < -0.39 is 0 Å². The van der Waals surface area contributed by atoms with Crippen LogP contribution in [0.1, 0.15) is 0 Å². The van der Waals surface area contributed by atoms with Crippen LogP contribution in [0.3, 0.4) is 0 Å². The second kappa shape index (κ2) is 6.18. The number of nitrogens with zero attached hydrogens (tertiary/aromatic N) is 2. The number of aromatic nitrogens is 2. The maximum Gasteiger partial charge on any atom is 0.162 e. The van der Waals surface area contributed by atoms with Gasteiger partial charge in [-0.2, -0.15) is 0 Å². The fraction of sp³-hybridized carbons (Fsp3) is 0. The van der Waals surface area contributed by atoms with Gasteiger partial charge in [-0.15, -0.1) is 22.7 Å². The Kier molecular flexibility index (Phi) is 4.09. The van der Waals surface area contributed by atoms with Crippen molar-refractivity contribution in [3.63, 3.8) is 0 Å². The lowest BCUT2D eigenvalue weighted by atomic mass is 10.3. The van der Waals surface area contributed by atoms with Crippen molar-refractivity contribution in [2.24, 2.45) is 0 Å². The first-order valence-electron chi connectivity index (χ1n) is 6.11. The molecule has 0 N–H and O–H groups in total. The largest absolute Gasteiger partial charge is 0.229 e. The summed E-state index contributed by atoms with van der Waals surface area (Å²) in [4.78, 5) is 9.23. The Balaban J connectivity index is 1.44. The molecule has 2 heterocycles. The van der Waals surface area contributed by atoms with Crippen LogP contribution >= 0.6 is 54.1 Å². The van der Waals surface area contributed by atoms with Crippen molar-refractivity contribution >= 4 is 74.5 Å². The normalized spacial score (nSPS) is 11.4. The van der Waals surface area contributed by atoms with Gasteiger partial charge >= 0.3 is 0 Å². The Morgan fingerprint density at radius 3 is 1.62 bits per heavy atom. The van der Waals surface area contributed by atoms with Crippen molar-refractivity contribution in [3.05, 3.63) is 48.5 Å². The Hall–Kier alpha value is -0.730. The van der Waals surface area contributed by atoms with Crippen LogP contribution in [0, 0.1) is 0 Å². The molecule has 4 aromatic rings. The van der Waals surface area contributed by atoms with E-state index in [0.717, 1.165) is 19.7 Å². The second-order valence-electron chi connectivity index (χ2n) is 4.13. The molecule has 2 aromatic heterocycles. The highest BCUT2D eigenvalue weighted by molar-refractivity contribution is 9.09. The molecule has 104 valence electrons. The molecule has 21 heavy (non-hydrogen) atoms. The molecular weight excluding hydrogens is 357 g/mol. The van der Waals surface area contributed by atoms with Crippen LogP contribution in [0.25, 0.3) is 20.4 Å². The standard InChI is InChI=1S/C14H8N2S5/c1-3-7-11-9(5-1)15-13(17-11)19-21-20-14-16-10-6-2-4-8-12(10)18-14/h1-8H. The molecule has 0 spiro atoms. The molecule has 0 bridgehead atoms. The summed E-state index contributed by atoms with van der Waals surface area (Å²) in [5.74, 6) is 0. The van der Waals surface area contributed by atoms with E-state index in [4.69, 9.17) is 0 Å². The molecule has 4 rings (SSSR count). The zero-order chi connectivity index (χ0) is 14.1. The molecule has 0 aliphatic carbocycles. The quantitative estimate of drug-likeness (QED) is 0.393. The summed E-state index contributed by atoms with van der Waals surface area (Å²) in [5.41, 5.74) is 2.16. The van der Waals surface area contributed by atoms with Crippen molar-refractivity contribution in [2.75, 3.05) is 0 Å². The average molecular weight is 365 g/mol. The molecule has 0 fully saturated rings. The predicted molar refractivity (Wildman–Crippen MR) is 98.5 cm³/mol. The third kappa shape index (κ3) is 3.07. The first kappa shape index (κ1) is 13.9. The van der Waals surface area contributed by atoms with E-state index in [1.165, 1.54) is 9.40 Å². The number of hydrogen-bond acceptors (Lipinski definition) is 7. The predicted octanol–water partition coefficient (Wildman–Crippen LogP) is 6.35. The van der Waals surface area contributed by atoms with E-state index >= 15 is 0 Å². The molecule has 7 heteroatoms. The maximum atomic E-state index is 4.62. The van der Waals surface area contributed by atoms with E-state index in [-0.39, 0.29) is 0 Å². The Bertz CT molecular complexity index is 758. The van der Waals surface area contributed by atoms with Crippen molar-refractivity contribution in [1.29, 1.82) is 0 Å². The summed E-state index contributed by atoms with van der Waals surface area (Å²) < 4.78 is 4.67. The van der Waals surface area contributed by atoms with E-state index in [1.807, 2.05) is 12.1 Å². The maximum absolute atomic E-state index is 4.62. The molecule has 0 amide bonds. The van der Waals surface area contributed by atoms with E-state index in [2.05, 4.69) is 46.4 Å². The van der Waals surface area contributed by atoms with E-state index in [1.54, 1.807) is 54.1 Å². The molecular formula is C14H8N2S5. The monoisotopic (exact) mass is 364 g/mol. The molecule has 0 aliphatic heterocycles. The lowest BCUT2D eigenvalue weighted by Crippen LogP contribution is -1.66. The van der Waals surface area contributed by atoms with Crippen LogP contribution in [0.4, 0.5) is 0 Å². The second-order valence-corrected chi connectivity index (χ2v) is 10.6. The number of thiazole rings is 2. The first-order chi connectivity index (χ1) is 10.4. The SMILES string of the molecule is c1ccc2sc(SSSc3nc4ccccc4s3)nc2c1. The lowest BCUT2D eigenvalue weighted by molar-refractivity contribution is 1.31. The van der Waals surface area contributed by atoms with Gasteiger partial charge in [0.25, 0.3) is 0 Å². The van der Waals surface area contributed by atoms with Gasteiger partial charge in [0.2, 0.25) is 0 Å². The van der Waals surface area contributed by atoms with Crippen molar-refractivity contribution in [1.82, 2.24) is 9.97 Å². The minimum Gasteiger partial charge on any atom is -0.229 e. The van der Waals surface area contributed by atoms with Crippen molar-refractivity contribution in [2.45, 2.75) is 8.68 Å². The van der Waals surface area contributed by atoms with Crippen LogP contribution < -0.4 is 0 Å². The number of hydrogen-bond donors (Lipinski definition) is 0. The zero-order valence-corrected chi connectivity index (χ0v) is 14.6. The molecule has 2 nitrogen and oxygen atoms in total. The Morgan fingerprint density at radius 1 is 0.667 bits per heavy atom. The van der Waals surface area contributed by atoms with Gasteiger partial charge in [0.05, 0.1) is 20.4 Å². The summed E-state index contributed by atoms with van der Waals surface area (Å²) in [7, 11) is 5.13. The Morgan fingerprint density at radius 2 is 1.14 bits per heavy atom. The highest BCUT2D eigenvalue weighted by atomic mass is 33.5. The fourth-order valence-electron chi connectivity index (χ4n) is 1.85. The summed E-state index contributed by atoms with van der Waals surface area (Å²) >= 11 is 3.48. The van der Waals surface area contributed by atoms with Crippen molar-refractivity contribution in [3.8, 4) is 0 Å². The number of benzene rings is 2. The van der Waals surface area contributed by atoms with Crippen LogP contribution in [-0.4, -0.2) is 9.97 Å². The van der Waals surface area contributed by atoms with Gasteiger partial charge < -0.3 is 0 Å². The van der Waals surface area contributed by atoms with Crippen molar-refractivity contribution < 1.29 is 0 Å². The lowest BCUT2D eigenvalue weighted by Gasteiger charge is -1.92. The minimum atomic E-state index is 1.08. The van der Waals surface area contributed by atoms with Gasteiger partial charge in [-0.05, 0) is 55.7 Å². The Labute approximate surface area is 141 Å². The fourth-order valence-corrected chi connectivity index (χ4v) is 8.62. The number of para-hydroxylation sites is 2.